The molecule has 0 radical (unpaired) electrons. The van der Waals surface area contributed by atoms with Gasteiger partial charge in [0.1, 0.15) is 6.04 Å². The summed E-state index contributed by atoms with van der Waals surface area (Å²) in [6, 6.07) is -0.717. The maximum Gasteiger partial charge on any atom is 0.329 e. The van der Waals surface area contributed by atoms with Crippen LogP contribution in [0.5, 0.6) is 0 Å². The first kappa shape index (κ1) is 16.3. The molecule has 1 unspecified atom stereocenters. The number of carboxylic acids is 1. The fourth-order valence-corrected chi connectivity index (χ4v) is 2.98. The fourth-order valence-electron chi connectivity index (χ4n) is 2.36. The molecule has 22 heavy (non-hydrogen) atoms. The second-order valence-electron chi connectivity index (χ2n) is 4.90. The minimum Gasteiger partial charge on any atom is -0.481 e. The first-order valence-corrected chi connectivity index (χ1v) is 7.75. The molecule has 1 aliphatic rings. The Morgan fingerprint density at radius 3 is 2.82 bits per heavy atom. The number of carboxylic acid groups (broad SMARTS) is 1. The lowest BCUT2D eigenvalue weighted by Gasteiger charge is -2.33. The second-order valence-corrected chi connectivity index (χ2v) is 5.89. The lowest BCUT2D eigenvalue weighted by atomic mass is 10.0. The van der Waals surface area contributed by atoms with Crippen molar-refractivity contribution < 1.29 is 24.2 Å². The van der Waals surface area contributed by atoms with Gasteiger partial charge in [0.25, 0.3) is 0 Å². The quantitative estimate of drug-likeness (QED) is 0.738. The van der Waals surface area contributed by atoms with Gasteiger partial charge in [0.2, 0.25) is 5.91 Å². The molecular formula is C13H17N3O5S. The van der Waals surface area contributed by atoms with Crippen molar-refractivity contribution in [1.29, 1.82) is 0 Å². The number of carbonyl (C=O) groups is 3. The Balaban J connectivity index is 2.15. The molecule has 1 amide bonds. The number of aromatic nitrogens is 2. The summed E-state index contributed by atoms with van der Waals surface area (Å²) in [6.45, 7) is 0.262. The largest absolute Gasteiger partial charge is 0.481 e. The molecule has 1 aromatic heterocycles. The minimum absolute atomic E-state index is 0.00692. The lowest BCUT2D eigenvalue weighted by Crippen LogP contribution is -2.50. The second kappa shape index (κ2) is 6.82. The highest BCUT2D eigenvalue weighted by Gasteiger charge is 2.37. The van der Waals surface area contributed by atoms with Crippen LogP contribution in [0.4, 0.5) is 0 Å². The normalized spacial score (nSPS) is 17.0. The molecule has 1 aromatic rings. The van der Waals surface area contributed by atoms with E-state index in [0.717, 1.165) is 23.1 Å². The van der Waals surface area contributed by atoms with Crippen molar-refractivity contribution in [2.24, 2.45) is 7.05 Å². The number of hydrogen-bond donors (Lipinski definition) is 1. The fraction of sp³-hybridized carbons (Fsp3) is 0.538. The third kappa shape index (κ3) is 3.41. The third-order valence-corrected chi connectivity index (χ3v) is 4.38. The van der Waals surface area contributed by atoms with Crippen LogP contribution in [0.15, 0.2) is 6.33 Å². The maximum atomic E-state index is 12.3. The summed E-state index contributed by atoms with van der Waals surface area (Å²) >= 11 is 1.01. The first-order valence-electron chi connectivity index (χ1n) is 6.60. The topological polar surface area (TPSA) is 102 Å². The van der Waals surface area contributed by atoms with Crippen LogP contribution in [0.2, 0.25) is 0 Å². The number of ether oxygens (including phenoxy) is 1. The van der Waals surface area contributed by atoms with Gasteiger partial charge in [-0.1, -0.05) is 0 Å². The molecule has 0 bridgehead atoms. The Hall–Kier alpha value is -2.03. The molecule has 0 aliphatic carbocycles. The number of nitrogens with zero attached hydrogens (tertiary/aromatic N) is 3. The number of thioether (sulfide) groups is 1. The molecule has 0 aromatic carbocycles. The van der Waals surface area contributed by atoms with Crippen molar-refractivity contribution in [3.8, 4) is 0 Å². The maximum absolute atomic E-state index is 12.3. The molecular weight excluding hydrogens is 310 g/mol. The predicted octanol–water partition coefficient (Wildman–Crippen LogP) is -0.336. The highest BCUT2D eigenvalue weighted by Crippen LogP contribution is 2.23. The van der Waals surface area contributed by atoms with Crippen LogP contribution in [-0.4, -0.2) is 62.1 Å². The van der Waals surface area contributed by atoms with Gasteiger partial charge in [0.15, 0.2) is 0 Å². The van der Waals surface area contributed by atoms with Gasteiger partial charge in [0.05, 0.1) is 42.9 Å². The van der Waals surface area contributed by atoms with Crippen LogP contribution in [0, 0.1) is 0 Å². The van der Waals surface area contributed by atoms with Gasteiger partial charge in [-0.15, -0.1) is 11.8 Å². The number of carbonyl (C=O) groups excluding carboxylic acids is 2. The van der Waals surface area contributed by atoms with Crippen LogP contribution in [0.25, 0.3) is 0 Å². The number of aliphatic carboxylic acids is 1. The van der Waals surface area contributed by atoms with Crippen molar-refractivity contribution in [3.05, 3.63) is 17.7 Å². The van der Waals surface area contributed by atoms with E-state index in [4.69, 9.17) is 9.84 Å². The SMILES string of the molecule is COC(=O)C1Cc2ncn(C)c2CN1C(=O)CSCC(=O)O. The van der Waals surface area contributed by atoms with Crippen molar-refractivity contribution in [3.63, 3.8) is 0 Å². The van der Waals surface area contributed by atoms with E-state index >= 15 is 0 Å². The average Bonchev–Trinajstić information content (AvgIpc) is 2.85. The zero-order chi connectivity index (χ0) is 16.3. The van der Waals surface area contributed by atoms with E-state index in [0.29, 0.717) is 6.42 Å². The molecule has 120 valence electrons. The Labute approximate surface area is 131 Å². The Morgan fingerprint density at radius 1 is 1.45 bits per heavy atom. The van der Waals surface area contributed by atoms with Crippen LogP contribution < -0.4 is 0 Å². The van der Waals surface area contributed by atoms with E-state index in [1.165, 1.54) is 12.0 Å². The smallest absolute Gasteiger partial charge is 0.329 e. The van der Waals surface area contributed by atoms with Crippen LogP contribution in [-0.2, 0) is 39.1 Å². The lowest BCUT2D eigenvalue weighted by molar-refractivity contribution is -0.153. The summed E-state index contributed by atoms with van der Waals surface area (Å²) in [5.74, 6) is -1.90. The summed E-state index contributed by atoms with van der Waals surface area (Å²) in [5, 5.41) is 8.62. The van der Waals surface area contributed by atoms with Gasteiger partial charge in [-0.25, -0.2) is 9.78 Å². The van der Waals surface area contributed by atoms with Gasteiger partial charge < -0.3 is 19.3 Å². The van der Waals surface area contributed by atoms with Gasteiger partial charge >= 0.3 is 11.9 Å². The van der Waals surface area contributed by atoms with Crippen molar-refractivity contribution >= 4 is 29.6 Å². The van der Waals surface area contributed by atoms with E-state index < -0.39 is 18.0 Å². The van der Waals surface area contributed by atoms with Gasteiger partial charge in [-0.2, -0.15) is 0 Å². The molecule has 0 fully saturated rings. The average molecular weight is 327 g/mol. The van der Waals surface area contributed by atoms with Gasteiger partial charge in [-0.3, -0.25) is 9.59 Å². The number of hydrogen-bond acceptors (Lipinski definition) is 6. The van der Waals surface area contributed by atoms with E-state index in [2.05, 4.69) is 4.98 Å². The third-order valence-electron chi connectivity index (χ3n) is 3.47. The predicted molar refractivity (Wildman–Crippen MR) is 78.2 cm³/mol. The Morgan fingerprint density at radius 2 is 2.18 bits per heavy atom. The first-order chi connectivity index (χ1) is 10.4. The number of rotatable bonds is 5. The Bertz CT molecular complexity index is 600. The number of esters is 1. The van der Waals surface area contributed by atoms with Crippen molar-refractivity contribution in [2.75, 3.05) is 18.6 Å². The zero-order valence-corrected chi connectivity index (χ0v) is 13.1. The number of methoxy groups -OCH3 is 1. The minimum atomic E-state index is -0.977. The van der Waals surface area contributed by atoms with Crippen LogP contribution in [0.1, 0.15) is 11.4 Å². The molecule has 0 saturated heterocycles. The van der Waals surface area contributed by atoms with Crippen molar-refractivity contribution in [2.45, 2.75) is 19.0 Å². The molecule has 8 nitrogen and oxygen atoms in total. The molecule has 1 aliphatic heterocycles. The van der Waals surface area contributed by atoms with Crippen molar-refractivity contribution in [1.82, 2.24) is 14.5 Å². The monoisotopic (exact) mass is 327 g/mol. The molecule has 1 N–H and O–H groups in total. The number of imidazole rings is 1. The van der Waals surface area contributed by atoms with E-state index in [-0.39, 0.29) is 24.0 Å². The van der Waals surface area contributed by atoms with Gasteiger partial charge in [-0.05, 0) is 0 Å². The number of aryl methyl sites for hydroxylation is 1. The van der Waals surface area contributed by atoms with Crippen LogP contribution in [0.3, 0.4) is 0 Å². The number of fused-ring (bicyclic) bond motifs is 1. The molecule has 2 heterocycles. The molecule has 9 heteroatoms. The van der Waals surface area contributed by atoms with Gasteiger partial charge in [0, 0.05) is 13.5 Å². The summed E-state index contributed by atoms with van der Waals surface area (Å²) in [7, 11) is 3.10. The molecule has 0 spiro atoms. The summed E-state index contributed by atoms with van der Waals surface area (Å²) in [4.78, 5) is 40.4. The molecule has 0 saturated carbocycles. The molecule has 2 rings (SSSR count). The summed E-state index contributed by atoms with van der Waals surface area (Å²) in [5.41, 5.74) is 1.65. The van der Waals surface area contributed by atoms with E-state index in [9.17, 15) is 14.4 Å². The molecule has 1 atom stereocenters. The highest BCUT2D eigenvalue weighted by molar-refractivity contribution is 8.00. The van der Waals surface area contributed by atoms with E-state index in [1.54, 1.807) is 6.33 Å². The standard InChI is InChI=1S/C13H17N3O5S/c1-15-7-14-8-3-9(13(20)21-2)16(4-10(8)15)11(17)5-22-6-12(18)19/h7,9H,3-6H2,1-2H3,(H,18,19). The van der Waals surface area contributed by atoms with E-state index in [1.807, 2.05) is 11.6 Å². The zero-order valence-electron chi connectivity index (χ0n) is 12.3. The van der Waals surface area contributed by atoms with Crippen LogP contribution >= 0.6 is 11.8 Å². The number of amides is 1. The Kier molecular flexibility index (Phi) is 5.07. The summed E-state index contributed by atoms with van der Waals surface area (Å²) < 4.78 is 6.58. The summed E-state index contributed by atoms with van der Waals surface area (Å²) in [6.07, 6.45) is 1.95. The highest BCUT2D eigenvalue weighted by atomic mass is 32.2.